The molecule has 1 aromatic carbocycles. The third-order valence-corrected chi connectivity index (χ3v) is 3.29. The summed E-state index contributed by atoms with van der Waals surface area (Å²) >= 11 is 1.17. The molecule has 0 saturated carbocycles. The molecule has 94 valence electrons. The molecule has 5 heteroatoms. The summed E-state index contributed by atoms with van der Waals surface area (Å²) in [5.41, 5.74) is 1.13. The van der Waals surface area contributed by atoms with Gasteiger partial charge in [-0.15, -0.1) is 0 Å². The Hall–Kier alpha value is -1.75. The van der Waals surface area contributed by atoms with Crippen LogP contribution in [0.25, 0.3) is 11.0 Å². The Kier molecular flexibility index (Phi) is 4.04. The average Bonchev–Trinajstić information content (AvgIpc) is 2.74. The number of carbonyl (C=O) groups is 2. The Labute approximate surface area is 108 Å². The van der Waals surface area contributed by atoms with Crippen LogP contribution >= 0.6 is 11.8 Å². The zero-order chi connectivity index (χ0) is 13.0. The van der Waals surface area contributed by atoms with Gasteiger partial charge >= 0.3 is 5.97 Å². The molecule has 0 N–H and O–H groups in total. The highest BCUT2D eigenvalue weighted by molar-refractivity contribution is 7.99. The van der Waals surface area contributed by atoms with Gasteiger partial charge in [0.25, 0.3) is 0 Å². The van der Waals surface area contributed by atoms with Crippen molar-refractivity contribution in [2.24, 2.45) is 0 Å². The highest BCUT2D eigenvalue weighted by Crippen LogP contribution is 2.31. The fraction of sp³-hybridized carbons (Fsp3) is 0.231. The third-order valence-electron chi connectivity index (χ3n) is 2.34. The van der Waals surface area contributed by atoms with E-state index in [9.17, 15) is 9.59 Å². The molecule has 2 rings (SSSR count). The Bertz CT molecular complexity index is 573. The number of benzene rings is 1. The van der Waals surface area contributed by atoms with Crippen LogP contribution in [0.15, 0.2) is 33.8 Å². The summed E-state index contributed by atoms with van der Waals surface area (Å²) < 4.78 is 10.4. The van der Waals surface area contributed by atoms with Crippen molar-refractivity contribution < 1.29 is 18.7 Å². The number of furan rings is 1. The van der Waals surface area contributed by atoms with Gasteiger partial charge in [-0.25, -0.2) is 0 Å². The number of aldehydes is 1. The molecular weight excluding hydrogens is 252 g/mol. The molecule has 2 aromatic rings. The second-order valence-electron chi connectivity index (χ2n) is 3.51. The Morgan fingerprint density at radius 1 is 1.44 bits per heavy atom. The molecule has 1 heterocycles. The van der Waals surface area contributed by atoms with Crippen molar-refractivity contribution >= 4 is 35.0 Å². The minimum atomic E-state index is -0.320. The maximum atomic E-state index is 11.3. The highest BCUT2D eigenvalue weighted by atomic mass is 32.2. The third kappa shape index (κ3) is 2.56. The molecule has 0 aliphatic heterocycles. The largest absolute Gasteiger partial charge is 0.465 e. The van der Waals surface area contributed by atoms with Crippen LogP contribution in [0.3, 0.4) is 0 Å². The van der Waals surface area contributed by atoms with E-state index in [-0.39, 0.29) is 11.7 Å². The molecule has 0 radical (unpaired) electrons. The van der Waals surface area contributed by atoms with E-state index in [1.807, 2.05) is 18.2 Å². The summed E-state index contributed by atoms with van der Waals surface area (Å²) in [6.45, 7) is 2.10. The summed E-state index contributed by atoms with van der Waals surface area (Å²) in [6.07, 6.45) is 0.749. The number of carbonyl (C=O) groups excluding carboxylic acids is 2. The first-order valence-corrected chi connectivity index (χ1v) is 6.50. The van der Waals surface area contributed by atoms with Crippen LogP contribution in [0.2, 0.25) is 0 Å². The zero-order valence-corrected chi connectivity index (χ0v) is 10.7. The predicted molar refractivity (Wildman–Crippen MR) is 69.0 cm³/mol. The summed E-state index contributed by atoms with van der Waals surface area (Å²) in [7, 11) is 0. The molecule has 1 aromatic heterocycles. The van der Waals surface area contributed by atoms with Gasteiger partial charge in [-0.1, -0.05) is 30.0 Å². The van der Waals surface area contributed by atoms with Gasteiger partial charge in [-0.3, -0.25) is 9.59 Å². The lowest BCUT2D eigenvalue weighted by molar-refractivity contribution is -0.139. The monoisotopic (exact) mass is 264 g/mol. The van der Waals surface area contributed by atoms with Crippen LogP contribution in [0.4, 0.5) is 0 Å². The van der Waals surface area contributed by atoms with Crippen LogP contribution in [0, 0.1) is 0 Å². The van der Waals surface area contributed by atoms with Crippen LogP contribution in [0.1, 0.15) is 17.3 Å². The number of rotatable bonds is 5. The van der Waals surface area contributed by atoms with Gasteiger partial charge in [0.1, 0.15) is 5.58 Å². The number of para-hydroxylation sites is 1. The topological polar surface area (TPSA) is 56.5 Å². The number of thioether (sulfide) groups is 1. The summed E-state index contributed by atoms with van der Waals surface area (Å²) in [6, 6.07) is 7.28. The minimum absolute atomic E-state index is 0.133. The van der Waals surface area contributed by atoms with Crippen LogP contribution in [-0.2, 0) is 9.53 Å². The van der Waals surface area contributed by atoms with Crippen molar-refractivity contribution in [3.05, 3.63) is 29.8 Å². The number of hydrogen-bond donors (Lipinski definition) is 0. The van der Waals surface area contributed by atoms with Gasteiger partial charge in [-0.05, 0) is 13.0 Å². The number of fused-ring (bicyclic) bond motifs is 1. The van der Waals surface area contributed by atoms with Gasteiger partial charge in [0.2, 0.25) is 0 Å². The normalized spacial score (nSPS) is 10.5. The molecule has 0 amide bonds. The molecule has 0 bridgehead atoms. The number of ether oxygens (including phenoxy) is 1. The van der Waals surface area contributed by atoms with E-state index in [0.717, 1.165) is 11.7 Å². The van der Waals surface area contributed by atoms with Gasteiger partial charge in [0.15, 0.2) is 11.4 Å². The smallest absolute Gasteiger partial charge is 0.316 e. The van der Waals surface area contributed by atoms with E-state index in [4.69, 9.17) is 9.15 Å². The molecule has 0 saturated heterocycles. The van der Waals surface area contributed by atoms with Crippen molar-refractivity contribution in [1.29, 1.82) is 0 Å². The maximum absolute atomic E-state index is 11.3. The summed E-state index contributed by atoms with van der Waals surface area (Å²) in [4.78, 5) is 22.3. The lowest BCUT2D eigenvalue weighted by Crippen LogP contribution is -2.06. The summed E-state index contributed by atoms with van der Waals surface area (Å²) in [5.74, 6) is -0.186. The van der Waals surface area contributed by atoms with Crippen molar-refractivity contribution in [3.63, 3.8) is 0 Å². The fourth-order valence-corrected chi connectivity index (χ4v) is 2.38. The Morgan fingerprint density at radius 2 is 2.22 bits per heavy atom. The molecule has 18 heavy (non-hydrogen) atoms. The first-order valence-electron chi connectivity index (χ1n) is 5.51. The van der Waals surface area contributed by atoms with E-state index in [2.05, 4.69) is 0 Å². The minimum Gasteiger partial charge on any atom is -0.465 e. The second kappa shape index (κ2) is 5.73. The van der Waals surface area contributed by atoms with E-state index >= 15 is 0 Å². The summed E-state index contributed by atoms with van der Waals surface area (Å²) in [5, 5.41) is 1.22. The lowest BCUT2D eigenvalue weighted by Gasteiger charge is -1.99. The Balaban J connectivity index is 2.22. The van der Waals surface area contributed by atoms with E-state index in [0.29, 0.717) is 22.8 Å². The fourth-order valence-electron chi connectivity index (χ4n) is 1.59. The molecular formula is C13H12O4S. The van der Waals surface area contributed by atoms with Crippen LogP contribution in [0.5, 0.6) is 0 Å². The average molecular weight is 264 g/mol. The quantitative estimate of drug-likeness (QED) is 0.472. The van der Waals surface area contributed by atoms with E-state index in [1.165, 1.54) is 11.8 Å². The zero-order valence-electron chi connectivity index (χ0n) is 9.84. The molecule has 0 fully saturated rings. The van der Waals surface area contributed by atoms with E-state index < -0.39 is 0 Å². The van der Waals surface area contributed by atoms with Crippen molar-refractivity contribution in [2.45, 2.75) is 12.0 Å². The predicted octanol–water partition coefficient (Wildman–Crippen LogP) is 2.90. The van der Waals surface area contributed by atoms with E-state index in [1.54, 1.807) is 13.0 Å². The molecule has 0 aliphatic carbocycles. The maximum Gasteiger partial charge on any atom is 0.316 e. The highest BCUT2D eigenvalue weighted by Gasteiger charge is 2.15. The van der Waals surface area contributed by atoms with Crippen LogP contribution in [-0.4, -0.2) is 24.6 Å². The van der Waals surface area contributed by atoms with Crippen LogP contribution < -0.4 is 0 Å². The van der Waals surface area contributed by atoms with Crippen molar-refractivity contribution in [3.8, 4) is 0 Å². The Morgan fingerprint density at radius 3 is 2.94 bits per heavy atom. The molecule has 4 nitrogen and oxygen atoms in total. The molecule has 0 unspecified atom stereocenters. The second-order valence-corrected chi connectivity index (χ2v) is 4.46. The number of esters is 1. The first kappa shape index (κ1) is 12.7. The van der Waals surface area contributed by atoms with Crippen molar-refractivity contribution in [1.82, 2.24) is 0 Å². The first-order chi connectivity index (χ1) is 8.76. The lowest BCUT2D eigenvalue weighted by atomic mass is 10.2. The van der Waals surface area contributed by atoms with Gasteiger partial charge in [0.05, 0.1) is 17.9 Å². The van der Waals surface area contributed by atoms with Crippen molar-refractivity contribution in [2.75, 3.05) is 12.4 Å². The molecule has 0 spiro atoms. The van der Waals surface area contributed by atoms with Gasteiger partial charge in [0, 0.05) is 5.39 Å². The van der Waals surface area contributed by atoms with Gasteiger partial charge < -0.3 is 9.15 Å². The SMILES string of the molecule is CCOC(=O)CSc1oc2ccccc2c1C=O. The standard InChI is InChI=1S/C13H12O4S/c1-2-16-12(15)8-18-13-10(7-14)9-5-3-4-6-11(9)17-13/h3-7H,2,8H2,1H3. The number of hydrogen-bond acceptors (Lipinski definition) is 5. The van der Waals surface area contributed by atoms with Gasteiger partial charge in [-0.2, -0.15) is 0 Å². The molecule has 0 atom stereocenters. The molecule has 0 aliphatic rings.